The van der Waals surface area contributed by atoms with Gasteiger partial charge in [-0.2, -0.15) is 0 Å². The summed E-state index contributed by atoms with van der Waals surface area (Å²) >= 11 is 0. The maximum absolute atomic E-state index is 6.12. The van der Waals surface area contributed by atoms with E-state index in [9.17, 15) is 0 Å². The number of nitrogens with zero attached hydrogens (tertiary/aromatic N) is 1. The van der Waals surface area contributed by atoms with Gasteiger partial charge in [-0.1, -0.05) is 6.08 Å². The van der Waals surface area contributed by atoms with Gasteiger partial charge in [0.05, 0.1) is 11.2 Å². The number of allylic oxidation sites excluding steroid dienone is 2. The van der Waals surface area contributed by atoms with Gasteiger partial charge < -0.3 is 14.2 Å². The van der Waals surface area contributed by atoms with Crippen molar-refractivity contribution in [2.45, 2.75) is 71.6 Å². The molecule has 1 unspecified atom stereocenters. The molecule has 0 N–H and O–H groups in total. The van der Waals surface area contributed by atoms with Gasteiger partial charge in [-0.05, 0) is 72.3 Å². The highest BCUT2D eigenvalue weighted by Gasteiger charge is 2.52. The Bertz CT molecular complexity index is 385. The summed E-state index contributed by atoms with van der Waals surface area (Å²) in [6, 6.07) is 0.544. The van der Waals surface area contributed by atoms with Crippen molar-refractivity contribution in [3.63, 3.8) is 0 Å². The van der Waals surface area contributed by atoms with Gasteiger partial charge in [0, 0.05) is 6.04 Å². The van der Waals surface area contributed by atoms with Crippen molar-refractivity contribution in [3.8, 4) is 0 Å². The van der Waals surface area contributed by atoms with Crippen LogP contribution < -0.4 is 0 Å². The largest absolute Gasteiger partial charge is 0.492 e. The maximum Gasteiger partial charge on any atom is 0.492 e. The molecule has 0 saturated carbocycles. The SMILES string of the molecule is C/C=C\N1C=C(B2OC(C)(C)C(C)(C)O2)CCC1C. The lowest BCUT2D eigenvalue weighted by Gasteiger charge is -2.32. The van der Waals surface area contributed by atoms with Crippen molar-refractivity contribution in [2.24, 2.45) is 0 Å². The fourth-order valence-corrected chi connectivity index (χ4v) is 2.44. The summed E-state index contributed by atoms with van der Waals surface area (Å²) in [5.74, 6) is 0. The van der Waals surface area contributed by atoms with Crippen LogP contribution in [0.1, 0.15) is 54.4 Å². The Morgan fingerprint density at radius 1 is 1.26 bits per heavy atom. The first-order valence-corrected chi connectivity index (χ1v) is 7.23. The first-order chi connectivity index (χ1) is 8.77. The van der Waals surface area contributed by atoms with Crippen LogP contribution in [0.2, 0.25) is 0 Å². The molecule has 0 aromatic carbocycles. The van der Waals surface area contributed by atoms with Gasteiger partial charge in [-0.25, -0.2) is 0 Å². The van der Waals surface area contributed by atoms with Crippen LogP contribution in [-0.2, 0) is 9.31 Å². The Balaban J connectivity index is 2.18. The minimum Gasteiger partial charge on any atom is -0.400 e. The van der Waals surface area contributed by atoms with Crippen LogP contribution in [0, 0.1) is 0 Å². The quantitative estimate of drug-likeness (QED) is 0.711. The molecule has 0 aromatic heterocycles. The molecule has 0 amide bonds. The summed E-state index contributed by atoms with van der Waals surface area (Å²) in [6.07, 6.45) is 8.57. The van der Waals surface area contributed by atoms with Crippen LogP contribution in [0.4, 0.5) is 0 Å². The molecule has 1 fully saturated rings. The van der Waals surface area contributed by atoms with E-state index in [1.54, 1.807) is 0 Å². The standard InChI is InChI=1S/C15H26BNO2/c1-7-10-17-11-13(9-8-12(17)2)16-18-14(3,4)15(5,6)19-16/h7,10-12H,8-9H2,1-6H3/b10-7-. The summed E-state index contributed by atoms with van der Waals surface area (Å²) in [6.45, 7) is 12.7. The van der Waals surface area contributed by atoms with Crippen LogP contribution in [0.3, 0.4) is 0 Å². The fraction of sp³-hybridized carbons (Fsp3) is 0.733. The molecule has 4 heteroatoms. The molecule has 2 heterocycles. The molecule has 3 nitrogen and oxygen atoms in total. The molecule has 1 atom stereocenters. The summed E-state index contributed by atoms with van der Waals surface area (Å²) in [7, 11) is -0.203. The highest BCUT2D eigenvalue weighted by molar-refractivity contribution is 6.54. The predicted molar refractivity (Wildman–Crippen MR) is 79.5 cm³/mol. The van der Waals surface area contributed by atoms with Gasteiger partial charge in [0.25, 0.3) is 0 Å². The van der Waals surface area contributed by atoms with Crippen molar-refractivity contribution in [1.82, 2.24) is 4.90 Å². The highest BCUT2D eigenvalue weighted by atomic mass is 16.7. The summed E-state index contributed by atoms with van der Waals surface area (Å²) < 4.78 is 12.2. The van der Waals surface area contributed by atoms with Crippen LogP contribution in [0.15, 0.2) is 23.9 Å². The number of hydrogen-bond acceptors (Lipinski definition) is 3. The van der Waals surface area contributed by atoms with Crippen LogP contribution in [0.25, 0.3) is 0 Å². The average Bonchev–Trinajstić information content (AvgIpc) is 2.51. The molecule has 0 aliphatic carbocycles. The van der Waals surface area contributed by atoms with E-state index < -0.39 is 0 Å². The molecule has 0 spiro atoms. The Hall–Kier alpha value is -0.735. The van der Waals surface area contributed by atoms with E-state index in [-0.39, 0.29) is 18.3 Å². The molecule has 106 valence electrons. The Morgan fingerprint density at radius 2 is 1.84 bits per heavy atom. The van der Waals surface area contributed by atoms with E-state index in [0.29, 0.717) is 6.04 Å². The van der Waals surface area contributed by atoms with E-state index in [2.05, 4.69) is 58.0 Å². The lowest BCUT2D eigenvalue weighted by atomic mass is 9.74. The maximum atomic E-state index is 6.12. The second kappa shape index (κ2) is 4.99. The molecule has 0 bridgehead atoms. The van der Waals surface area contributed by atoms with Crippen molar-refractivity contribution < 1.29 is 9.31 Å². The van der Waals surface area contributed by atoms with E-state index >= 15 is 0 Å². The lowest BCUT2D eigenvalue weighted by molar-refractivity contribution is 0.00578. The van der Waals surface area contributed by atoms with E-state index in [0.717, 1.165) is 12.8 Å². The second-order valence-electron chi connectivity index (χ2n) is 6.61. The normalized spacial score (nSPS) is 30.0. The highest BCUT2D eigenvalue weighted by Crippen LogP contribution is 2.40. The average molecular weight is 263 g/mol. The number of rotatable bonds is 2. The van der Waals surface area contributed by atoms with Crippen LogP contribution in [-0.4, -0.2) is 29.3 Å². The molecule has 2 rings (SSSR count). The molecular weight excluding hydrogens is 237 g/mol. The summed E-state index contributed by atoms with van der Waals surface area (Å²) in [5, 5.41) is 0. The molecule has 2 aliphatic heterocycles. The predicted octanol–water partition coefficient (Wildman–Crippen LogP) is 3.52. The van der Waals surface area contributed by atoms with Gasteiger partial charge in [0.15, 0.2) is 0 Å². The van der Waals surface area contributed by atoms with E-state index in [4.69, 9.17) is 9.31 Å². The molecule has 1 saturated heterocycles. The molecule has 19 heavy (non-hydrogen) atoms. The topological polar surface area (TPSA) is 21.7 Å². The first kappa shape index (κ1) is 14.7. The van der Waals surface area contributed by atoms with Gasteiger partial charge in [-0.15, -0.1) is 0 Å². The molecule has 0 radical (unpaired) electrons. The van der Waals surface area contributed by atoms with Crippen LogP contribution >= 0.6 is 0 Å². The molecule has 2 aliphatic rings. The molecule has 0 aromatic rings. The van der Waals surface area contributed by atoms with Crippen molar-refractivity contribution in [2.75, 3.05) is 0 Å². The van der Waals surface area contributed by atoms with Gasteiger partial charge in [-0.3, -0.25) is 0 Å². The lowest BCUT2D eigenvalue weighted by Crippen LogP contribution is -2.41. The second-order valence-corrected chi connectivity index (χ2v) is 6.61. The van der Waals surface area contributed by atoms with Crippen LogP contribution in [0.5, 0.6) is 0 Å². The number of hydrogen-bond donors (Lipinski definition) is 0. The third kappa shape index (κ3) is 2.75. The third-order valence-corrected chi connectivity index (χ3v) is 4.55. The van der Waals surface area contributed by atoms with Gasteiger partial charge >= 0.3 is 7.12 Å². The monoisotopic (exact) mass is 263 g/mol. The first-order valence-electron chi connectivity index (χ1n) is 7.23. The van der Waals surface area contributed by atoms with E-state index in [1.165, 1.54) is 5.47 Å². The minimum absolute atomic E-state index is 0.203. The van der Waals surface area contributed by atoms with Crippen molar-refractivity contribution in [3.05, 3.63) is 23.9 Å². The van der Waals surface area contributed by atoms with Crippen molar-refractivity contribution >= 4 is 7.12 Å². The summed E-state index contributed by atoms with van der Waals surface area (Å²) in [4.78, 5) is 2.25. The Labute approximate surface area is 117 Å². The molecular formula is C15H26BNO2. The minimum atomic E-state index is -0.257. The third-order valence-electron chi connectivity index (χ3n) is 4.55. The summed E-state index contributed by atoms with van der Waals surface area (Å²) in [5.41, 5.74) is 0.731. The van der Waals surface area contributed by atoms with E-state index in [1.807, 2.05) is 6.92 Å². The van der Waals surface area contributed by atoms with Gasteiger partial charge in [0.2, 0.25) is 0 Å². The van der Waals surface area contributed by atoms with Crippen molar-refractivity contribution in [1.29, 1.82) is 0 Å². The van der Waals surface area contributed by atoms with Gasteiger partial charge in [0.1, 0.15) is 0 Å². The Kier molecular flexibility index (Phi) is 3.85. The zero-order valence-corrected chi connectivity index (χ0v) is 13.1. The zero-order chi connectivity index (χ0) is 14.3. The zero-order valence-electron chi connectivity index (χ0n) is 13.1. The smallest absolute Gasteiger partial charge is 0.400 e. The fourth-order valence-electron chi connectivity index (χ4n) is 2.44. The Morgan fingerprint density at radius 3 is 2.37 bits per heavy atom.